The molecule has 0 saturated heterocycles. The van der Waals surface area contributed by atoms with Gasteiger partial charge in [0.05, 0.1) is 33.1 Å². The van der Waals surface area contributed by atoms with Crippen LogP contribution in [0.2, 0.25) is 0 Å². The van der Waals surface area contributed by atoms with Crippen molar-refractivity contribution in [3.63, 3.8) is 0 Å². The standard InChI is InChI=1S/C66H44N4/c1-2-14-49(15-3-1)68-65-25-13-8-20-59(65)60-44-48(32-43-66(60)68)47-30-35-51(36-31-47)67(52-39-41-54(42-40-52)70-63-23-11-6-18-57(63)58-19-7-12-24-64(58)70)50-33-26-45(27-34-50)46-28-37-53(38-29-46)69-61-21-9-4-16-55(61)56-17-5-10-22-62(56)69/h1-44H. The first-order valence-electron chi connectivity index (χ1n) is 24.0. The van der Waals surface area contributed by atoms with E-state index in [2.05, 4.69) is 286 Å². The van der Waals surface area contributed by atoms with E-state index in [9.17, 15) is 0 Å². The van der Waals surface area contributed by atoms with Crippen molar-refractivity contribution in [2.45, 2.75) is 0 Å². The minimum absolute atomic E-state index is 1.08. The number of rotatable bonds is 8. The second kappa shape index (κ2) is 16.2. The Labute approximate surface area is 405 Å². The van der Waals surface area contributed by atoms with Gasteiger partial charge in [-0.2, -0.15) is 0 Å². The molecule has 3 heterocycles. The summed E-state index contributed by atoms with van der Waals surface area (Å²) >= 11 is 0. The lowest BCUT2D eigenvalue weighted by molar-refractivity contribution is 1.17. The van der Waals surface area contributed by atoms with E-state index in [1.54, 1.807) is 0 Å². The molecule has 0 N–H and O–H groups in total. The molecule has 0 aliphatic rings. The highest BCUT2D eigenvalue weighted by molar-refractivity contribution is 6.12. The van der Waals surface area contributed by atoms with E-state index >= 15 is 0 Å². The largest absolute Gasteiger partial charge is 0.311 e. The Bertz CT molecular complexity index is 4140. The van der Waals surface area contributed by atoms with Crippen LogP contribution in [0.15, 0.2) is 267 Å². The summed E-state index contributed by atoms with van der Waals surface area (Å²) in [6.07, 6.45) is 0. The van der Waals surface area contributed by atoms with Crippen molar-refractivity contribution < 1.29 is 0 Å². The summed E-state index contributed by atoms with van der Waals surface area (Å²) in [6, 6.07) is 97.0. The maximum atomic E-state index is 2.38. The fraction of sp³-hybridized carbons (Fsp3) is 0. The highest BCUT2D eigenvalue weighted by Gasteiger charge is 2.18. The molecule has 0 unspecified atom stereocenters. The van der Waals surface area contributed by atoms with E-state index in [0.717, 1.165) is 34.1 Å². The molecule has 11 aromatic carbocycles. The van der Waals surface area contributed by atoms with Crippen LogP contribution in [0.3, 0.4) is 0 Å². The van der Waals surface area contributed by atoms with Gasteiger partial charge < -0.3 is 18.6 Å². The van der Waals surface area contributed by atoms with Crippen LogP contribution in [0.25, 0.3) is 105 Å². The molecule has 70 heavy (non-hydrogen) atoms. The van der Waals surface area contributed by atoms with E-state index in [-0.39, 0.29) is 0 Å². The third kappa shape index (κ3) is 6.38. The quantitative estimate of drug-likeness (QED) is 0.149. The van der Waals surface area contributed by atoms with Crippen LogP contribution in [0, 0.1) is 0 Å². The highest BCUT2D eigenvalue weighted by atomic mass is 15.1. The van der Waals surface area contributed by atoms with Gasteiger partial charge in [0.25, 0.3) is 0 Å². The summed E-state index contributed by atoms with van der Waals surface area (Å²) in [7, 11) is 0. The number of anilines is 3. The minimum Gasteiger partial charge on any atom is -0.311 e. The van der Waals surface area contributed by atoms with Gasteiger partial charge in [-0.1, -0.05) is 152 Å². The number of aromatic nitrogens is 3. The minimum atomic E-state index is 1.08. The van der Waals surface area contributed by atoms with Gasteiger partial charge in [-0.25, -0.2) is 0 Å². The van der Waals surface area contributed by atoms with Crippen LogP contribution in [-0.2, 0) is 0 Å². The summed E-state index contributed by atoms with van der Waals surface area (Å²) < 4.78 is 7.12. The molecule has 0 aliphatic carbocycles. The second-order valence-corrected chi connectivity index (χ2v) is 18.2. The normalized spacial score (nSPS) is 11.7. The monoisotopic (exact) mass is 892 g/mol. The first kappa shape index (κ1) is 39.8. The number of nitrogens with zero attached hydrogens (tertiary/aromatic N) is 4. The van der Waals surface area contributed by atoms with Gasteiger partial charge in [-0.15, -0.1) is 0 Å². The van der Waals surface area contributed by atoms with Gasteiger partial charge >= 0.3 is 0 Å². The summed E-state index contributed by atoms with van der Waals surface area (Å²) in [5.74, 6) is 0. The van der Waals surface area contributed by atoms with Gasteiger partial charge in [0.15, 0.2) is 0 Å². The molecule has 0 aliphatic heterocycles. The number of fused-ring (bicyclic) bond motifs is 9. The zero-order chi connectivity index (χ0) is 46.1. The van der Waals surface area contributed by atoms with Crippen molar-refractivity contribution in [2.75, 3.05) is 4.90 Å². The lowest BCUT2D eigenvalue weighted by atomic mass is 10.0. The molecule has 0 fully saturated rings. The SMILES string of the molecule is c1ccc(-n2c3ccccc3c3cc(-c4ccc(N(c5ccc(-c6ccc(-n7c8ccccc8c8ccccc87)cc6)cc5)c5ccc(-n6c7ccccc7c7ccccc76)cc5)cc4)ccc32)cc1. The average Bonchev–Trinajstić information content (AvgIpc) is 4.08. The Morgan fingerprint density at radius 3 is 0.886 bits per heavy atom. The van der Waals surface area contributed by atoms with Crippen LogP contribution >= 0.6 is 0 Å². The van der Waals surface area contributed by atoms with E-state index in [1.807, 2.05) is 0 Å². The number of benzene rings is 11. The molecule has 14 aromatic rings. The Balaban J connectivity index is 0.837. The van der Waals surface area contributed by atoms with E-state index in [4.69, 9.17) is 0 Å². The molecule has 0 saturated carbocycles. The summed E-state index contributed by atoms with van der Waals surface area (Å²) in [6.45, 7) is 0. The first-order valence-corrected chi connectivity index (χ1v) is 24.0. The van der Waals surface area contributed by atoms with Crippen molar-refractivity contribution in [1.29, 1.82) is 0 Å². The van der Waals surface area contributed by atoms with Crippen LogP contribution in [0.1, 0.15) is 0 Å². The van der Waals surface area contributed by atoms with Crippen LogP contribution in [0.5, 0.6) is 0 Å². The summed E-state index contributed by atoms with van der Waals surface area (Å²) in [4.78, 5) is 2.37. The average molecular weight is 893 g/mol. The predicted molar refractivity (Wildman–Crippen MR) is 295 cm³/mol. The van der Waals surface area contributed by atoms with Crippen molar-refractivity contribution in [1.82, 2.24) is 13.7 Å². The summed E-state index contributed by atoms with van der Waals surface area (Å²) in [5, 5.41) is 7.54. The van der Waals surface area contributed by atoms with Crippen molar-refractivity contribution in [3.05, 3.63) is 267 Å². The van der Waals surface area contributed by atoms with Gasteiger partial charge in [0, 0.05) is 66.4 Å². The molecule has 0 bridgehead atoms. The number of hydrogen-bond donors (Lipinski definition) is 0. The number of hydrogen-bond acceptors (Lipinski definition) is 1. The smallest absolute Gasteiger partial charge is 0.0541 e. The van der Waals surface area contributed by atoms with Gasteiger partial charge in [0.1, 0.15) is 0 Å². The van der Waals surface area contributed by atoms with Crippen molar-refractivity contribution >= 4 is 82.5 Å². The van der Waals surface area contributed by atoms with Crippen LogP contribution in [0.4, 0.5) is 17.1 Å². The topological polar surface area (TPSA) is 18.0 Å². The third-order valence-electron chi connectivity index (χ3n) is 14.3. The third-order valence-corrected chi connectivity index (χ3v) is 14.3. The Hall–Kier alpha value is -9.38. The molecule has 0 amide bonds. The fourth-order valence-electron chi connectivity index (χ4n) is 11.0. The van der Waals surface area contributed by atoms with Gasteiger partial charge in [-0.05, 0) is 138 Å². The van der Waals surface area contributed by atoms with Crippen molar-refractivity contribution in [2.24, 2.45) is 0 Å². The Morgan fingerprint density at radius 1 is 0.200 bits per heavy atom. The van der Waals surface area contributed by atoms with Crippen LogP contribution in [-0.4, -0.2) is 13.7 Å². The highest BCUT2D eigenvalue weighted by Crippen LogP contribution is 2.41. The molecule has 3 aromatic heterocycles. The summed E-state index contributed by atoms with van der Waals surface area (Å²) in [5.41, 5.74) is 18.6. The molecule has 328 valence electrons. The molecule has 4 nitrogen and oxygen atoms in total. The molecule has 0 spiro atoms. The molecule has 0 atom stereocenters. The van der Waals surface area contributed by atoms with Gasteiger partial charge in [-0.3, -0.25) is 0 Å². The Morgan fingerprint density at radius 2 is 0.471 bits per heavy atom. The van der Waals surface area contributed by atoms with E-state index < -0.39 is 0 Å². The van der Waals surface area contributed by atoms with E-state index in [1.165, 1.54) is 87.7 Å². The maximum absolute atomic E-state index is 2.38. The maximum Gasteiger partial charge on any atom is 0.0541 e. The van der Waals surface area contributed by atoms with Gasteiger partial charge in [0.2, 0.25) is 0 Å². The molecule has 0 radical (unpaired) electrons. The molecule has 14 rings (SSSR count). The van der Waals surface area contributed by atoms with E-state index in [0.29, 0.717) is 0 Å². The molecular weight excluding hydrogens is 849 g/mol. The lowest BCUT2D eigenvalue weighted by Gasteiger charge is -2.26. The zero-order valence-electron chi connectivity index (χ0n) is 38.2. The first-order chi connectivity index (χ1) is 34.7. The zero-order valence-corrected chi connectivity index (χ0v) is 38.2. The van der Waals surface area contributed by atoms with Crippen LogP contribution < -0.4 is 4.90 Å². The second-order valence-electron chi connectivity index (χ2n) is 18.2. The van der Waals surface area contributed by atoms with Crippen molar-refractivity contribution in [3.8, 4) is 39.3 Å². The predicted octanol–water partition coefficient (Wildman–Crippen LogP) is 17.8. The lowest BCUT2D eigenvalue weighted by Crippen LogP contribution is -2.10. The molecular formula is C66H44N4. The number of para-hydroxylation sites is 6. The fourth-order valence-corrected chi connectivity index (χ4v) is 11.0. The Kier molecular flexibility index (Phi) is 9.17. The molecule has 4 heteroatoms.